The van der Waals surface area contributed by atoms with Crippen LogP contribution in [0, 0.1) is 0 Å². The van der Waals surface area contributed by atoms with E-state index in [2.05, 4.69) is 10.5 Å². The van der Waals surface area contributed by atoms with Crippen LogP contribution in [0.5, 0.6) is 0 Å². The van der Waals surface area contributed by atoms with E-state index in [0.717, 1.165) is 5.56 Å². The summed E-state index contributed by atoms with van der Waals surface area (Å²) in [6.07, 6.45) is 2.85. The first kappa shape index (κ1) is 20.9. The Balaban J connectivity index is 1.92. The molecule has 0 saturated heterocycles. The van der Waals surface area contributed by atoms with Crippen molar-refractivity contribution in [3.8, 4) is 11.3 Å². The third-order valence-corrected chi connectivity index (χ3v) is 4.70. The van der Waals surface area contributed by atoms with Crippen LogP contribution in [0.3, 0.4) is 0 Å². The van der Waals surface area contributed by atoms with E-state index in [-0.39, 0.29) is 32.8 Å². The lowest BCUT2D eigenvalue weighted by Gasteiger charge is -2.06. The van der Waals surface area contributed by atoms with Gasteiger partial charge in [-0.15, -0.1) is 0 Å². The molecule has 0 unspecified atom stereocenters. The number of anilines is 1. The molecule has 6 nitrogen and oxygen atoms in total. The molecule has 0 atom stereocenters. The minimum atomic E-state index is -0.769. The predicted octanol–water partition coefficient (Wildman–Crippen LogP) is 5.74. The number of hydrogen-bond acceptors (Lipinski definition) is 5. The van der Waals surface area contributed by atoms with Crippen molar-refractivity contribution in [3.05, 3.63) is 74.7 Å². The molecule has 9 heteroatoms. The number of nitrogens with one attached hydrogen (secondary N) is 1. The maximum Gasteiger partial charge on any atom is 0.345 e. The fraction of sp³-hybridized carbons (Fsp3) is 0.0500. The molecule has 0 fully saturated rings. The molecular weight excluding hydrogens is 439 g/mol. The van der Waals surface area contributed by atoms with E-state index in [1.54, 1.807) is 48.5 Å². The molecule has 29 heavy (non-hydrogen) atoms. The van der Waals surface area contributed by atoms with Gasteiger partial charge >= 0.3 is 5.97 Å². The van der Waals surface area contributed by atoms with Crippen molar-refractivity contribution in [1.82, 2.24) is 5.16 Å². The van der Waals surface area contributed by atoms with Crippen molar-refractivity contribution in [2.45, 2.75) is 0 Å². The largest absolute Gasteiger partial charge is 0.465 e. The second-order valence-corrected chi connectivity index (χ2v) is 6.95. The molecule has 1 amide bonds. The molecule has 0 saturated carbocycles. The normalized spacial score (nSPS) is 10.9. The summed E-state index contributed by atoms with van der Waals surface area (Å²) in [6, 6.07) is 11.7. The van der Waals surface area contributed by atoms with Gasteiger partial charge in [0.15, 0.2) is 5.56 Å². The van der Waals surface area contributed by atoms with Crippen molar-refractivity contribution in [1.29, 1.82) is 0 Å². The van der Waals surface area contributed by atoms with Gasteiger partial charge in [0.1, 0.15) is 5.69 Å². The number of carbonyl (C=O) groups excluding carboxylic acids is 2. The van der Waals surface area contributed by atoms with E-state index >= 15 is 0 Å². The molecule has 0 aliphatic heterocycles. The molecule has 0 spiro atoms. The molecule has 0 aliphatic rings. The second-order valence-electron chi connectivity index (χ2n) is 5.70. The zero-order chi connectivity index (χ0) is 21.0. The predicted molar refractivity (Wildman–Crippen MR) is 112 cm³/mol. The number of hydrogen-bond donors (Lipinski definition) is 1. The molecule has 2 aromatic carbocycles. The van der Waals surface area contributed by atoms with E-state index < -0.39 is 11.9 Å². The Bertz CT molecular complexity index is 1070. The number of rotatable bonds is 5. The van der Waals surface area contributed by atoms with Gasteiger partial charge in [-0.3, -0.25) is 10.1 Å². The first-order chi connectivity index (χ1) is 13.9. The van der Waals surface area contributed by atoms with E-state index in [0.29, 0.717) is 5.02 Å². The first-order valence-electron chi connectivity index (χ1n) is 8.17. The van der Waals surface area contributed by atoms with Crippen molar-refractivity contribution in [3.63, 3.8) is 0 Å². The number of esters is 1. The number of aromatic nitrogens is 1. The molecule has 1 N–H and O–H groups in total. The SMILES string of the molecule is COC(=O)c1c(-c2c(Cl)cccc2Cl)noc1NC(=O)/C=C/c1ccc(Cl)cc1. The molecule has 0 bridgehead atoms. The van der Waals surface area contributed by atoms with Crippen LogP contribution in [-0.2, 0) is 9.53 Å². The third kappa shape index (κ3) is 4.79. The molecule has 0 radical (unpaired) electrons. The lowest BCUT2D eigenvalue weighted by Crippen LogP contribution is -2.12. The van der Waals surface area contributed by atoms with Crippen LogP contribution < -0.4 is 5.32 Å². The smallest absolute Gasteiger partial charge is 0.345 e. The van der Waals surface area contributed by atoms with Gasteiger partial charge in [0.2, 0.25) is 5.88 Å². The number of carbonyl (C=O) groups is 2. The van der Waals surface area contributed by atoms with Crippen LogP contribution in [0.1, 0.15) is 15.9 Å². The van der Waals surface area contributed by atoms with E-state index in [4.69, 9.17) is 44.1 Å². The van der Waals surface area contributed by atoms with Gasteiger partial charge in [0.05, 0.1) is 17.2 Å². The number of amides is 1. The van der Waals surface area contributed by atoms with E-state index in [1.807, 2.05) is 0 Å². The van der Waals surface area contributed by atoms with Gasteiger partial charge in [0, 0.05) is 16.7 Å². The Morgan fingerprint density at radius 3 is 2.34 bits per heavy atom. The second kappa shape index (κ2) is 9.13. The number of methoxy groups -OCH3 is 1. The molecule has 3 rings (SSSR count). The van der Waals surface area contributed by atoms with Crippen LogP contribution >= 0.6 is 34.8 Å². The third-order valence-electron chi connectivity index (χ3n) is 3.82. The van der Waals surface area contributed by atoms with Gasteiger partial charge < -0.3 is 9.26 Å². The molecule has 3 aromatic rings. The highest BCUT2D eigenvalue weighted by Gasteiger charge is 2.28. The van der Waals surface area contributed by atoms with Crippen LogP contribution in [0.15, 0.2) is 53.1 Å². The summed E-state index contributed by atoms with van der Waals surface area (Å²) in [5.74, 6) is -1.50. The average molecular weight is 452 g/mol. The average Bonchev–Trinajstić information content (AvgIpc) is 3.10. The summed E-state index contributed by atoms with van der Waals surface area (Å²) < 4.78 is 9.96. The van der Waals surface area contributed by atoms with Crippen molar-refractivity contribution in [2.75, 3.05) is 12.4 Å². The highest BCUT2D eigenvalue weighted by molar-refractivity contribution is 6.39. The Morgan fingerprint density at radius 2 is 1.72 bits per heavy atom. The quantitative estimate of drug-likeness (QED) is 0.395. The fourth-order valence-electron chi connectivity index (χ4n) is 2.46. The minimum absolute atomic E-state index is 0.0597. The van der Waals surface area contributed by atoms with Crippen LogP contribution in [0.2, 0.25) is 15.1 Å². The summed E-state index contributed by atoms with van der Waals surface area (Å²) in [6.45, 7) is 0. The van der Waals surface area contributed by atoms with Crippen LogP contribution in [0.25, 0.3) is 17.3 Å². The summed E-state index contributed by atoms with van der Waals surface area (Å²) in [5.41, 5.74) is 1.01. The summed E-state index contributed by atoms with van der Waals surface area (Å²) in [5, 5.41) is 7.43. The molecule has 1 heterocycles. The Hall–Kier alpha value is -2.80. The van der Waals surface area contributed by atoms with Gasteiger partial charge in [-0.25, -0.2) is 4.79 Å². The van der Waals surface area contributed by atoms with Crippen molar-refractivity contribution < 1.29 is 18.8 Å². The monoisotopic (exact) mass is 450 g/mol. The highest BCUT2D eigenvalue weighted by atomic mass is 35.5. The van der Waals surface area contributed by atoms with Crippen molar-refractivity contribution >= 4 is 58.6 Å². The topological polar surface area (TPSA) is 81.4 Å². The standard InChI is InChI=1S/C20H13Cl3N2O4/c1-28-20(27)17-18(16-13(22)3-2-4-14(16)23)25-29-19(17)24-15(26)10-7-11-5-8-12(21)9-6-11/h2-10H,1H3,(H,24,26)/b10-7+. The number of benzene rings is 2. The van der Waals surface area contributed by atoms with E-state index in [1.165, 1.54) is 13.2 Å². The Kier molecular flexibility index (Phi) is 6.59. The number of halogens is 3. The summed E-state index contributed by atoms with van der Waals surface area (Å²) in [4.78, 5) is 24.6. The maximum absolute atomic E-state index is 12.3. The maximum atomic E-state index is 12.3. The number of nitrogens with zero attached hydrogens (tertiary/aromatic N) is 1. The fourth-order valence-corrected chi connectivity index (χ4v) is 3.16. The van der Waals surface area contributed by atoms with Gasteiger partial charge in [-0.2, -0.15) is 0 Å². The Labute approximate surface area is 181 Å². The van der Waals surface area contributed by atoms with Gasteiger partial charge in [-0.05, 0) is 35.9 Å². The zero-order valence-electron chi connectivity index (χ0n) is 14.9. The van der Waals surface area contributed by atoms with Gasteiger partial charge in [-0.1, -0.05) is 58.2 Å². The molecular formula is C20H13Cl3N2O4. The molecule has 1 aromatic heterocycles. The lowest BCUT2D eigenvalue weighted by atomic mass is 10.1. The highest BCUT2D eigenvalue weighted by Crippen LogP contribution is 2.38. The van der Waals surface area contributed by atoms with Crippen LogP contribution in [0.4, 0.5) is 5.88 Å². The van der Waals surface area contributed by atoms with Gasteiger partial charge in [0.25, 0.3) is 5.91 Å². The zero-order valence-corrected chi connectivity index (χ0v) is 17.2. The minimum Gasteiger partial charge on any atom is -0.465 e. The molecule has 0 aliphatic carbocycles. The first-order valence-corrected chi connectivity index (χ1v) is 9.31. The van der Waals surface area contributed by atoms with Crippen LogP contribution in [-0.4, -0.2) is 24.1 Å². The van der Waals surface area contributed by atoms with Crippen molar-refractivity contribution in [2.24, 2.45) is 0 Å². The summed E-state index contributed by atoms with van der Waals surface area (Å²) in [7, 11) is 1.19. The lowest BCUT2D eigenvalue weighted by molar-refractivity contribution is -0.112. The molecule has 148 valence electrons. The Morgan fingerprint density at radius 1 is 1.07 bits per heavy atom. The number of ether oxygens (including phenoxy) is 1. The van der Waals surface area contributed by atoms with E-state index in [9.17, 15) is 9.59 Å². The summed E-state index contributed by atoms with van der Waals surface area (Å²) >= 11 is 18.2.